The van der Waals surface area contributed by atoms with Crippen LogP contribution in [0.1, 0.15) is 18.2 Å². The van der Waals surface area contributed by atoms with Crippen LogP contribution in [0.25, 0.3) is 11.1 Å². The highest BCUT2D eigenvalue weighted by Gasteiger charge is 2.36. The predicted molar refractivity (Wildman–Crippen MR) is 113 cm³/mol. The molecule has 0 saturated carbocycles. The Morgan fingerprint density at radius 3 is 2.63 bits per heavy atom. The van der Waals surface area contributed by atoms with Crippen LogP contribution in [0.5, 0.6) is 11.5 Å². The molecule has 154 valence electrons. The number of aryl methyl sites for hydroxylation is 1. The van der Waals surface area contributed by atoms with E-state index in [1.54, 1.807) is 30.0 Å². The van der Waals surface area contributed by atoms with Gasteiger partial charge in [-0.15, -0.1) is 0 Å². The Morgan fingerprint density at radius 1 is 1.17 bits per heavy atom. The van der Waals surface area contributed by atoms with Crippen LogP contribution >= 0.6 is 0 Å². The number of nitrogens with one attached hydrogen (secondary N) is 2. The second kappa shape index (κ2) is 7.90. The van der Waals surface area contributed by atoms with Gasteiger partial charge in [0.05, 0.1) is 32.0 Å². The first-order chi connectivity index (χ1) is 14.5. The Hall–Kier alpha value is -3.81. The summed E-state index contributed by atoms with van der Waals surface area (Å²) in [4.78, 5) is 25.3. The number of carbonyl (C=O) groups excluding carboxylic acids is 2. The molecule has 3 aromatic rings. The lowest BCUT2D eigenvalue weighted by Crippen LogP contribution is -2.24. The van der Waals surface area contributed by atoms with Crippen molar-refractivity contribution in [2.24, 2.45) is 0 Å². The zero-order valence-electron chi connectivity index (χ0n) is 16.9. The van der Waals surface area contributed by atoms with Crippen LogP contribution in [0.4, 0.5) is 11.5 Å². The van der Waals surface area contributed by atoms with Crippen molar-refractivity contribution in [3.05, 3.63) is 54.2 Å². The van der Waals surface area contributed by atoms with Crippen molar-refractivity contribution in [2.45, 2.75) is 19.4 Å². The van der Waals surface area contributed by atoms with Crippen molar-refractivity contribution < 1.29 is 19.1 Å². The minimum absolute atomic E-state index is 0.0522. The van der Waals surface area contributed by atoms with E-state index in [2.05, 4.69) is 15.7 Å². The number of aromatic nitrogens is 2. The first-order valence-corrected chi connectivity index (χ1v) is 9.49. The van der Waals surface area contributed by atoms with Gasteiger partial charge in [0.2, 0.25) is 5.91 Å². The van der Waals surface area contributed by atoms with E-state index in [1.165, 1.54) is 7.11 Å². The van der Waals surface area contributed by atoms with E-state index in [-0.39, 0.29) is 18.2 Å². The highest BCUT2D eigenvalue weighted by atomic mass is 16.5. The summed E-state index contributed by atoms with van der Waals surface area (Å²) in [6.45, 7) is 1.89. The lowest BCUT2D eigenvalue weighted by atomic mass is 10.1. The Kier molecular flexibility index (Phi) is 5.14. The fourth-order valence-electron chi connectivity index (χ4n) is 3.61. The molecule has 2 amide bonds. The number of rotatable bonds is 6. The molecule has 2 heterocycles. The van der Waals surface area contributed by atoms with Gasteiger partial charge >= 0.3 is 0 Å². The summed E-state index contributed by atoms with van der Waals surface area (Å²) in [7, 11) is 3.07. The summed E-state index contributed by atoms with van der Waals surface area (Å²) >= 11 is 0. The van der Waals surface area contributed by atoms with Gasteiger partial charge in [-0.05, 0) is 24.6 Å². The molecular weight excluding hydrogens is 384 g/mol. The highest BCUT2D eigenvalue weighted by Crippen LogP contribution is 2.38. The zero-order valence-corrected chi connectivity index (χ0v) is 16.9. The molecule has 0 radical (unpaired) electrons. The normalized spacial score (nSPS) is 14.8. The van der Waals surface area contributed by atoms with E-state index in [1.807, 2.05) is 37.3 Å². The van der Waals surface area contributed by atoms with E-state index in [0.717, 1.165) is 16.8 Å². The number of nitrogens with zero attached hydrogens (tertiary/aromatic N) is 2. The maximum atomic E-state index is 12.7. The molecule has 1 aromatic heterocycles. The number of hydrogen-bond acceptors (Lipinski definition) is 5. The van der Waals surface area contributed by atoms with Gasteiger partial charge in [0.25, 0.3) is 5.91 Å². The molecular formula is C22H22N4O4. The summed E-state index contributed by atoms with van der Waals surface area (Å²) < 4.78 is 12.1. The van der Waals surface area contributed by atoms with Crippen LogP contribution in [0, 0.1) is 6.92 Å². The Labute approximate surface area is 173 Å². The summed E-state index contributed by atoms with van der Waals surface area (Å²) in [5.74, 6) is 1.13. The summed E-state index contributed by atoms with van der Waals surface area (Å²) in [6, 6.07) is 14.1. The van der Waals surface area contributed by atoms with Gasteiger partial charge < -0.3 is 20.1 Å². The third-order valence-corrected chi connectivity index (χ3v) is 5.05. The van der Waals surface area contributed by atoms with E-state index in [4.69, 9.17) is 9.47 Å². The fourth-order valence-corrected chi connectivity index (χ4v) is 3.61. The summed E-state index contributed by atoms with van der Waals surface area (Å²) in [6.07, 6.45) is -0.0522. The average Bonchev–Trinajstić information content (AvgIpc) is 3.22. The largest absolute Gasteiger partial charge is 0.497 e. The molecule has 8 heteroatoms. The van der Waals surface area contributed by atoms with Gasteiger partial charge in [0.1, 0.15) is 23.4 Å². The molecule has 0 saturated heterocycles. The zero-order chi connectivity index (χ0) is 21.3. The quantitative estimate of drug-likeness (QED) is 0.654. The van der Waals surface area contributed by atoms with Gasteiger partial charge in [-0.2, -0.15) is 5.10 Å². The van der Waals surface area contributed by atoms with Crippen LogP contribution in [-0.4, -0.2) is 35.8 Å². The third kappa shape index (κ3) is 3.47. The SMILES string of the molecule is COc1ccc(NC(=O)CC2C(=O)Nc3c(-c4ccccc4)c(C)nn32)c(OC)c1. The third-order valence-electron chi connectivity index (χ3n) is 5.05. The molecule has 4 rings (SSSR count). The highest BCUT2D eigenvalue weighted by molar-refractivity contribution is 6.04. The van der Waals surface area contributed by atoms with Crippen LogP contribution in [0.3, 0.4) is 0 Å². The first-order valence-electron chi connectivity index (χ1n) is 9.49. The van der Waals surface area contributed by atoms with Crippen LogP contribution in [0.15, 0.2) is 48.5 Å². The number of methoxy groups -OCH3 is 2. The summed E-state index contributed by atoms with van der Waals surface area (Å²) in [5, 5.41) is 10.2. The van der Waals surface area contributed by atoms with Gasteiger partial charge in [-0.3, -0.25) is 9.59 Å². The number of ether oxygens (including phenoxy) is 2. The van der Waals surface area contributed by atoms with Crippen molar-refractivity contribution >= 4 is 23.3 Å². The maximum absolute atomic E-state index is 12.7. The molecule has 0 spiro atoms. The minimum Gasteiger partial charge on any atom is -0.497 e. The smallest absolute Gasteiger partial charge is 0.251 e. The lowest BCUT2D eigenvalue weighted by molar-refractivity contribution is -0.123. The monoisotopic (exact) mass is 406 g/mol. The molecule has 0 aliphatic carbocycles. The second-order valence-electron chi connectivity index (χ2n) is 6.94. The van der Waals surface area contributed by atoms with Crippen molar-refractivity contribution in [3.63, 3.8) is 0 Å². The van der Waals surface area contributed by atoms with Crippen molar-refractivity contribution in [2.75, 3.05) is 24.9 Å². The van der Waals surface area contributed by atoms with Crippen molar-refractivity contribution in [1.82, 2.24) is 9.78 Å². The molecule has 30 heavy (non-hydrogen) atoms. The van der Waals surface area contributed by atoms with Gasteiger partial charge in [0.15, 0.2) is 0 Å². The molecule has 8 nitrogen and oxygen atoms in total. The fraction of sp³-hybridized carbons (Fsp3) is 0.227. The standard InChI is InChI=1S/C22H22N4O4/c1-13-20(14-7-5-4-6-8-14)21-24-22(28)17(26(21)25-13)12-19(27)23-16-10-9-15(29-2)11-18(16)30-3/h4-11,17H,12H2,1-3H3,(H,23,27)(H,24,28). The predicted octanol–water partition coefficient (Wildman–Crippen LogP) is 3.40. The molecule has 1 aliphatic rings. The second-order valence-corrected chi connectivity index (χ2v) is 6.94. The number of fused-ring (bicyclic) bond motifs is 1. The maximum Gasteiger partial charge on any atom is 0.251 e. The van der Waals surface area contributed by atoms with Gasteiger partial charge in [-0.25, -0.2) is 4.68 Å². The Bertz CT molecular complexity index is 1110. The number of anilines is 2. The van der Waals surface area contributed by atoms with E-state index in [0.29, 0.717) is 23.0 Å². The number of amides is 2. The van der Waals surface area contributed by atoms with Gasteiger partial charge in [-0.1, -0.05) is 30.3 Å². The molecule has 1 atom stereocenters. The molecule has 1 unspecified atom stereocenters. The van der Waals surface area contributed by atoms with Crippen molar-refractivity contribution in [1.29, 1.82) is 0 Å². The van der Waals surface area contributed by atoms with E-state index < -0.39 is 6.04 Å². The molecule has 0 bridgehead atoms. The van der Waals surface area contributed by atoms with Crippen LogP contribution in [0.2, 0.25) is 0 Å². The Morgan fingerprint density at radius 2 is 1.93 bits per heavy atom. The molecule has 0 fully saturated rings. The number of hydrogen-bond donors (Lipinski definition) is 2. The topological polar surface area (TPSA) is 94.5 Å². The minimum atomic E-state index is -0.722. The first kappa shape index (κ1) is 19.5. The summed E-state index contributed by atoms with van der Waals surface area (Å²) in [5.41, 5.74) is 3.12. The molecule has 2 N–H and O–H groups in total. The lowest BCUT2D eigenvalue weighted by Gasteiger charge is -2.13. The van der Waals surface area contributed by atoms with Crippen LogP contribution in [-0.2, 0) is 9.59 Å². The van der Waals surface area contributed by atoms with Crippen LogP contribution < -0.4 is 20.1 Å². The van der Waals surface area contributed by atoms with Crippen molar-refractivity contribution in [3.8, 4) is 22.6 Å². The number of benzene rings is 2. The van der Waals surface area contributed by atoms with E-state index in [9.17, 15) is 9.59 Å². The Balaban J connectivity index is 1.56. The molecule has 2 aromatic carbocycles. The average molecular weight is 406 g/mol. The number of carbonyl (C=O) groups is 2. The van der Waals surface area contributed by atoms with E-state index >= 15 is 0 Å². The van der Waals surface area contributed by atoms with Gasteiger partial charge in [0, 0.05) is 11.6 Å². The molecule has 1 aliphatic heterocycles.